The molecule has 140 valence electrons. The molecule has 0 saturated carbocycles. The highest BCUT2D eigenvalue weighted by atomic mass is 15.1. The first-order valence-corrected chi connectivity index (χ1v) is 9.24. The Morgan fingerprint density at radius 1 is 1.12 bits per heavy atom. The van der Waals surface area contributed by atoms with Gasteiger partial charge >= 0.3 is 0 Å². The fourth-order valence-corrected chi connectivity index (χ4v) is 2.94. The molecular weight excluding hydrogens is 320 g/mol. The topological polar surface area (TPSA) is 41.1 Å². The van der Waals surface area contributed by atoms with Gasteiger partial charge in [0.15, 0.2) is 0 Å². The van der Waals surface area contributed by atoms with Crippen molar-refractivity contribution in [3.63, 3.8) is 0 Å². The second kappa shape index (κ2) is 7.90. The van der Waals surface area contributed by atoms with Crippen LogP contribution < -0.4 is 10.2 Å². The molecule has 26 heavy (non-hydrogen) atoms. The van der Waals surface area contributed by atoms with Crippen molar-refractivity contribution >= 4 is 17.1 Å². The van der Waals surface area contributed by atoms with E-state index < -0.39 is 0 Å². The van der Waals surface area contributed by atoms with Gasteiger partial charge in [0.25, 0.3) is 0 Å². The number of aromatic nitrogens is 2. The van der Waals surface area contributed by atoms with Crippen molar-refractivity contribution in [2.75, 3.05) is 24.3 Å². The summed E-state index contributed by atoms with van der Waals surface area (Å²) >= 11 is 0. The highest BCUT2D eigenvalue weighted by molar-refractivity contribution is 5.80. The highest BCUT2D eigenvalue weighted by Gasteiger charge is 2.18. The van der Waals surface area contributed by atoms with E-state index >= 15 is 0 Å². The number of rotatable bonds is 6. The summed E-state index contributed by atoms with van der Waals surface area (Å²) < 4.78 is 0. The normalized spacial score (nSPS) is 11.2. The molecule has 0 unspecified atom stereocenters. The molecule has 4 nitrogen and oxygen atoms in total. The largest absolute Gasteiger partial charge is 0.381 e. The van der Waals surface area contributed by atoms with Crippen LogP contribution >= 0.6 is 0 Å². The Kier molecular flexibility index (Phi) is 6.06. The lowest BCUT2D eigenvalue weighted by atomic mass is 10.0. The summed E-state index contributed by atoms with van der Waals surface area (Å²) in [5, 5.41) is 3.49. The third kappa shape index (κ3) is 4.24. The van der Waals surface area contributed by atoms with E-state index in [0.717, 1.165) is 45.3 Å². The number of hydrogen-bond donors (Lipinski definition) is 1. The van der Waals surface area contributed by atoms with Gasteiger partial charge in [-0.3, -0.25) is 0 Å². The predicted molar refractivity (Wildman–Crippen MR) is 114 cm³/mol. The molecule has 0 aromatic carbocycles. The monoisotopic (exact) mass is 352 g/mol. The number of pyridine rings is 2. The molecule has 0 atom stereocenters. The van der Waals surface area contributed by atoms with E-state index in [1.165, 1.54) is 0 Å². The molecule has 0 aliphatic rings. The van der Waals surface area contributed by atoms with Crippen molar-refractivity contribution in [1.82, 2.24) is 9.97 Å². The molecule has 2 rings (SSSR count). The van der Waals surface area contributed by atoms with Crippen molar-refractivity contribution in [1.29, 1.82) is 0 Å². The van der Waals surface area contributed by atoms with Gasteiger partial charge in [0.2, 0.25) is 0 Å². The molecule has 0 saturated heterocycles. The van der Waals surface area contributed by atoms with Crippen LogP contribution in [0.3, 0.4) is 0 Å². The average Bonchev–Trinajstić information content (AvgIpc) is 2.53. The Bertz CT molecular complexity index is 804. The van der Waals surface area contributed by atoms with Gasteiger partial charge in [-0.25, -0.2) is 9.97 Å². The van der Waals surface area contributed by atoms with Crippen molar-refractivity contribution < 1.29 is 0 Å². The van der Waals surface area contributed by atoms with E-state index in [-0.39, 0.29) is 0 Å². The van der Waals surface area contributed by atoms with Crippen molar-refractivity contribution in [3.05, 3.63) is 41.7 Å². The molecule has 2 aromatic heterocycles. The third-order valence-corrected chi connectivity index (χ3v) is 4.23. The Morgan fingerprint density at radius 3 is 2.27 bits per heavy atom. The van der Waals surface area contributed by atoms with Gasteiger partial charge in [0.1, 0.15) is 5.82 Å². The van der Waals surface area contributed by atoms with Crippen LogP contribution in [0, 0.1) is 6.92 Å². The Labute approximate surface area is 158 Å². The fraction of sp³-hybridized carbons (Fsp3) is 0.455. The molecule has 0 fully saturated rings. The van der Waals surface area contributed by atoms with E-state index in [1.807, 2.05) is 21.0 Å². The van der Waals surface area contributed by atoms with E-state index in [9.17, 15) is 0 Å². The molecule has 0 spiro atoms. The van der Waals surface area contributed by atoms with Crippen molar-refractivity contribution in [2.45, 2.75) is 53.5 Å². The predicted octanol–water partition coefficient (Wildman–Crippen LogP) is 5.49. The number of hydrogen-bond acceptors (Lipinski definition) is 4. The lowest BCUT2D eigenvalue weighted by Crippen LogP contribution is -2.15. The zero-order chi connectivity index (χ0) is 19.6. The van der Waals surface area contributed by atoms with Crippen LogP contribution in [0.15, 0.2) is 24.8 Å². The minimum Gasteiger partial charge on any atom is -0.381 e. The molecule has 2 heterocycles. The second-order valence-corrected chi connectivity index (χ2v) is 7.79. The maximum absolute atomic E-state index is 4.98. The van der Waals surface area contributed by atoms with Gasteiger partial charge in [-0.05, 0) is 62.9 Å². The lowest BCUT2D eigenvalue weighted by molar-refractivity contribution is 0.818. The van der Waals surface area contributed by atoms with Crippen molar-refractivity contribution in [3.8, 4) is 11.3 Å². The number of allylic oxidation sites excluding steroid dienone is 1. The molecule has 0 bridgehead atoms. The van der Waals surface area contributed by atoms with E-state index in [2.05, 4.69) is 69.6 Å². The second-order valence-electron chi connectivity index (χ2n) is 7.79. The molecule has 2 aromatic rings. The Hall–Kier alpha value is -2.36. The van der Waals surface area contributed by atoms with E-state index in [0.29, 0.717) is 12.0 Å². The molecule has 1 N–H and O–H groups in total. The summed E-state index contributed by atoms with van der Waals surface area (Å²) in [5.74, 6) is 1.34. The van der Waals surface area contributed by atoms with Crippen LogP contribution in [0.1, 0.15) is 57.5 Å². The first kappa shape index (κ1) is 20.0. The van der Waals surface area contributed by atoms with E-state index in [1.54, 1.807) is 0 Å². The zero-order valence-electron chi connectivity index (χ0n) is 17.4. The Balaban J connectivity index is 2.68. The highest BCUT2D eigenvalue weighted by Crippen LogP contribution is 2.34. The summed E-state index contributed by atoms with van der Waals surface area (Å²) in [6.45, 7) is 16.8. The van der Waals surface area contributed by atoms with Gasteiger partial charge in [-0.2, -0.15) is 0 Å². The van der Waals surface area contributed by atoms with Gasteiger partial charge in [-0.15, -0.1) is 0 Å². The molecule has 0 aliphatic heterocycles. The number of anilines is 2. The maximum Gasteiger partial charge on any atom is 0.137 e. The quantitative estimate of drug-likeness (QED) is 0.746. The summed E-state index contributed by atoms with van der Waals surface area (Å²) in [6, 6.07) is 6.76. The number of aryl methyl sites for hydroxylation is 1. The van der Waals surface area contributed by atoms with Crippen LogP contribution in [0.25, 0.3) is 16.8 Å². The molecule has 4 heteroatoms. The summed E-state index contributed by atoms with van der Waals surface area (Å²) in [7, 11) is 4.05. The molecule has 0 aliphatic carbocycles. The summed E-state index contributed by atoms with van der Waals surface area (Å²) in [6.07, 6.45) is 0. The average molecular weight is 353 g/mol. The first-order valence-electron chi connectivity index (χ1n) is 9.24. The summed E-state index contributed by atoms with van der Waals surface area (Å²) in [4.78, 5) is 11.9. The minimum absolute atomic E-state index is 0.337. The summed E-state index contributed by atoms with van der Waals surface area (Å²) in [5.41, 5.74) is 7.13. The van der Waals surface area contributed by atoms with Gasteiger partial charge in [0.05, 0.1) is 17.1 Å². The standard InChI is InChI=1S/C22H32N4/c1-13(2)18-11-10-17(22(24-18)26(8)9)21-16(7)12-19(23-15(5)6)20(25-21)14(3)4/h10-13,15,23H,3H2,1-2,4-9H3. The smallest absolute Gasteiger partial charge is 0.137 e. The molecular formula is C22H32N4. The number of nitrogens with zero attached hydrogens (tertiary/aromatic N) is 3. The lowest BCUT2D eigenvalue weighted by Gasteiger charge is -2.21. The molecule has 0 radical (unpaired) electrons. The van der Waals surface area contributed by atoms with Gasteiger partial charge in [-0.1, -0.05) is 20.4 Å². The molecule has 0 amide bonds. The van der Waals surface area contributed by atoms with Gasteiger partial charge in [0, 0.05) is 31.4 Å². The van der Waals surface area contributed by atoms with Crippen LogP contribution in [-0.4, -0.2) is 30.1 Å². The third-order valence-electron chi connectivity index (χ3n) is 4.23. The van der Waals surface area contributed by atoms with Crippen LogP contribution in [0.2, 0.25) is 0 Å². The minimum atomic E-state index is 0.337. The number of nitrogens with one attached hydrogen (secondary N) is 1. The SMILES string of the molecule is C=C(C)c1nc(-c2ccc(C(C)C)nc2N(C)C)c(C)cc1NC(C)C. The van der Waals surface area contributed by atoms with Crippen molar-refractivity contribution in [2.24, 2.45) is 0 Å². The van der Waals surface area contributed by atoms with Crippen LogP contribution in [0.4, 0.5) is 11.5 Å². The van der Waals surface area contributed by atoms with Crippen LogP contribution in [0.5, 0.6) is 0 Å². The Morgan fingerprint density at radius 2 is 1.77 bits per heavy atom. The zero-order valence-corrected chi connectivity index (χ0v) is 17.4. The van der Waals surface area contributed by atoms with Crippen LogP contribution in [-0.2, 0) is 0 Å². The fourth-order valence-electron chi connectivity index (χ4n) is 2.94. The first-order chi connectivity index (χ1) is 12.1. The maximum atomic E-state index is 4.98. The van der Waals surface area contributed by atoms with Gasteiger partial charge < -0.3 is 10.2 Å². The van der Waals surface area contributed by atoms with E-state index in [4.69, 9.17) is 9.97 Å².